The van der Waals surface area contributed by atoms with Gasteiger partial charge in [-0.05, 0) is 26.0 Å². The van der Waals surface area contributed by atoms with Gasteiger partial charge in [0.15, 0.2) is 5.16 Å². The average Bonchev–Trinajstić information content (AvgIpc) is 2.77. The summed E-state index contributed by atoms with van der Waals surface area (Å²) >= 11 is 3.27. The fourth-order valence-corrected chi connectivity index (χ4v) is 4.52. The van der Waals surface area contributed by atoms with Crippen LogP contribution in [0, 0.1) is 6.92 Å². The molecule has 112 valence electrons. The predicted octanol–water partition coefficient (Wildman–Crippen LogP) is 3.43. The predicted molar refractivity (Wildman–Crippen MR) is 84.7 cm³/mol. The molecule has 0 bridgehead atoms. The Labute approximate surface area is 128 Å². The van der Waals surface area contributed by atoms with Crippen LogP contribution in [-0.2, 0) is 11.3 Å². The highest BCUT2D eigenvalue weighted by molar-refractivity contribution is 8.00. The van der Waals surface area contributed by atoms with E-state index in [4.69, 9.17) is 5.11 Å². The third-order valence-corrected chi connectivity index (χ3v) is 6.22. The number of aromatic nitrogens is 2. The molecule has 0 saturated heterocycles. The topological polar surface area (TPSA) is 55.1 Å². The summed E-state index contributed by atoms with van der Waals surface area (Å²) in [7, 11) is 0. The number of hydrogen-bond acceptors (Lipinski definition) is 4. The van der Waals surface area contributed by atoms with Gasteiger partial charge in [0, 0.05) is 17.5 Å². The summed E-state index contributed by atoms with van der Waals surface area (Å²) in [5.74, 6) is -0.720. The maximum absolute atomic E-state index is 10.7. The highest BCUT2D eigenvalue weighted by Crippen LogP contribution is 2.40. The van der Waals surface area contributed by atoms with Crippen molar-refractivity contribution in [2.75, 3.05) is 12.0 Å². The molecule has 0 aliphatic heterocycles. The number of aryl methyl sites for hydroxylation is 1. The van der Waals surface area contributed by atoms with Crippen LogP contribution < -0.4 is 0 Å². The Balaban J connectivity index is 2.12. The Morgan fingerprint density at radius 2 is 2.15 bits per heavy atom. The van der Waals surface area contributed by atoms with Gasteiger partial charge in [0.25, 0.3) is 0 Å². The second-order valence-corrected chi connectivity index (χ2v) is 7.64. The van der Waals surface area contributed by atoms with E-state index >= 15 is 0 Å². The van der Waals surface area contributed by atoms with Crippen LogP contribution in [0.4, 0.5) is 0 Å². The molecule has 20 heavy (non-hydrogen) atoms. The lowest BCUT2D eigenvalue weighted by Gasteiger charge is -2.36. The van der Waals surface area contributed by atoms with E-state index in [9.17, 15) is 4.79 Å². The first-order valence-electron chi connectivity index (χ1n) is 6.98. The highest BCUT2D eigenvalue weighted by atomic mass is 32.2. The number of carboxylic acid groups (broad SMARTS) is 1. The number of imidazole rings is 1. The molecule has 1 aliphatic carbocycles. The van der Waals surface area contributed by atoms with Crippen LogP contribution in [0.25, 0.3) is 0 Å². The molecule has 0 unspecified atom stereocenters. The van der Waals surface area contributed by atoms with Gasteiger partial charge in [0.1, 0.15) is 0 Å². The monoisotopic (exact) mass is 314 g/mol. The van der Waals surface area contributed by atoms with Crippen LogP contribution in [0.2, 0.25) is 0 Å². The molecule has 0 radical (unpaired) electrons. The fourth-order valence-electron chi connectivity index (χ4n) is 2.81. The molecule has 1 fully saturated rings. The first kappa shape index (κ1) is 15.8. The Kier molecular flexibility index (Phi) is 5.43. The van der Waals surface area contributed by atoms with Gasteiger partial charge in [-0.3, -0.25) is 4.79 Å². The van der Waals surface area contributed by atoms with E-state index in [1.165, 1.54) is 43.9 Å². The van der Waals surface area contributed by atoms with Crippen molar-refractivity contribution < 1.29 is 9.90 Å². The van der Waals surface area contributed by atoms with Crippen molar-refractivity contribution in [2.24, 2.45) is 0 Å². The van der Waals surface area contributed by atoms with E-state index in [2.05, 4.69) is 22.0 Å². The van der Waals surface area contributed by atoms with Crippen LogP contribution in [0.3, 0.4) is 0 Å². The van der Waals surface area contributed by atoms with Gasteiger partial charge in [-0.25, -0.2) is 4.98 Å². The first-order chi connectivity index (χ1) is 9.54. The number of hydrogen-bond donors (Lipinski definition) is 1. The molecule has 0 amide bonds. The van der Waals surface area contributed by atoms with Crippen LogP contribution in [0.1, 0.15) is 37.8 Å². The molecule has 1 heterocycles. The number of thioether (sulfide) groups is 2. The van der Waals surface area contributed by atoms with Gasteiger partial charge in [-0.2, -0.15) is 11.8 Å². The molecule has 1 N–H and O–H groups in total. The van der Waals surface area contributed by atoms with Gasteiger partial charge >= 0.3 is 5.97 Å². The van der Waals surface area contributed by atoms with Gasteiger partial charge in [0.05, 0.1) is 11.4 Å². The summed E-state index contributed by atoms with van der Waals surface area (Å²) in [5, 5.41) is 9.67. The molecule has 1 saturated carbocycles. The zero-order valence-electron chi connectivity index (χ0n) is 12.1. The molecule has 1 aromatic heterocycles. The van der Waals surface area contributed by atoms with Crippen molar-refractivity contribution in [2.45, 2.75) is 55.5 Å². The van der Waals surface area contributed by atoms with E-state index in [1.807, 2.05) is 18.7 Å². The summed E-state index contributed by atoms with van der Waals surface area (Å²) in [6.45, 7) is 2.91. The summed E-state index contributed by atoms with van der Waals surface area (Å²) < 4.78 is 2.45. The average molecular weight is 314 g/mol. The van der Waals surface area contributed by atoms with Gasteiger partial charge < -0.3 is 9.67 Å². The molecule has 1 aromatic rings. The minimum atomic E-state index is -0.792. The number of rotatable bonds is 6. The van der Waals surface area contributed by atoms with Crippen molar-refractivity contribution in [3.8, 4) is 0 Å². The maximum Gasteiger partial charge on any atom is 0.313 e. The zero-order chi connectivity index (χ0) is 14.6. The van der Waals surface area contributed by atoms with Crippen LogP contribution in [0.15, 0.2) is 11.4 Å². The Bertz CT molecular complexity index is 468. The van der Waals surface area contributed by atoms with Crippen molar-refractivity contribution in [1.82, 2.24) is 9.55 Å². The van der Waals surface area contributed by atoms with E-state index in [1.54, 1.807) is 0 Å². The van der Waals surface area contributed by atoms with Crippen molar-refractivity contribution in [3.05, 3.63) is 11.9 Å². The Hall–Kier alpha value is -0.620. The van der Waals surface area contributed by atoms with Crippen molar-refractivity contribution in [1.29, 1.82) is 0 Å². The first-order valence-corrected chi connectivity index (χ1v) is 9.19. The summed E-state index contributed by atoms with van der Waals surface area (Å²) in [4.78, 5) is 15.2. The summed E-state index contributed by atoms with van der Waals surface area (Å²) in [5.41, 5.74) is 0.963. The van der Waals surface area contributed by atoms with Crippen LogP contribution in [-0.4, -0.2) is 37.4 Å². The van der Waals surface area contributed by atoms with Crippen molar-refractivity contribution in [3.63, 3.8) is 0 Å². The SMILES string of the molecule is CSC1(Cn2cc(C)nc2SCC(=O)O)CCCCC1. The van der Waals surface area contributed by atoms with Crippen LogP contribution >= 0.6 is 23.5 Å². The summed E-state index contributed by atoms with van der Waals surface area (Å²) in [6.07, 6.45) is 10.7. The highest BCUT2D eigenvalue weighted by Gasteiger charge is 2.32. The molecule has 2 rings (SSSR count). The molecule has 6 heteroatoms. The fraction of sp³-hybridized carbons (Fsp3) is 0.714. The second-order valence-electron chi connectivity index (χ2n) is 5.42. The lowest BCUT2D eigenvalue weighted by molar-refractivity contribution is -0.133. The van der Waals surface area contributed by atoms with E-state index in [0.29, 0.717) is 4.75 Å². The van der Waals surface area contributed by atoms with E-state index in [-0.39, 0.29) is 5.75 Å². The Morgan fingerprint density at radius 3 is 2.75 bits per heavy atom. The van der Waals surface area contributed by atoms with Crippen LogP contribution in [0.5, 0.6) is 0 Å². The van der Waals surface area contributed by atoms with Gasteiger partial charge in [0.2, 0.25) is 0 Å². The molecular formula is C14H22N2O2S2. The van der Waals surface area contributed by atoms with E-state index < -0.39 is 5.97 Å². The zero-order valence-corrected chi connectivity index (χ0v) is 13.7. The Morgan fingerprint density at radius 1 is 1.45 bits per heavy atom. The third kappa shape index (κ3) is 3.95. The minimum absolute atomic E-state index is 0.0721. The lowest BCUT2D eigenvalue weighted by Crippen LogP contribution is -2.33. The molecule has 1 aliphatic rings. The molecule has 4 nitrogen and oxygen atoms in total. The summed E-state index contributed by atoms with van der Waals surface area (Å²) in [6, 6.07) is 0. The van der Waals surface area contributed by atoms with E-state index in [0.717, 1.165) is 17.4 Å². The quantitative estimate of drug-likeness (QED) is 0.815. The lowest BCUT2D eigenvalue weighted by atomic mass is 9.88. The second kappa shape index (κ2) is 6.89. The number of aliphatic carboxylic acids is 1. The van der Waals surface area contributed by atoms with Gasteiger partial charge in [-0.1, -0.05) is 31.0 Å². The standard InChI is InChI=1S/C14H22N2O2S2/c1-11-8-16(13(15-11)20-9-12(17)18)10-14(19-2)6-4-3-5-7-14/h8H,3-7,9-10H2,1-2H3,(H,17,18). The minimum Gasteiger partial charge on any atom is -0.481 e. The van der Waals surface area contributed by atoms with Crippen molar-refractivity contribution >= 4 is 29.5 Å². The molecule has 0 aromatic carbocycles. The molecular weight excluding hydrogens is 292 g/mol. The maximum atomic E-state index is 10.7. The number of carboxylic acids is 1. The number of nitrogens with zero attached hydrogens (tertiary/aromatic N) is 2. The largest absolute Gasteiger partial charge is 0.481 e. The van der Waals surface area contributed by atoms with Gasteiger partial charge in [-0.15, -0.1) is 0 Å². The number of carbonyl (C=O) groups is 1. The molecule has 0 atom stereocenters. The normalized spacial score (nSPS) is 18.1. The molecule has 0 spiro atoms. The third-order valence-electron chi connectivity index (χ3n) is 3.84. The smallest absolute Gasteiger partial charge is 0.313 e.